The minimum atomic E-state index is 0.365. The molecule has 1 atom stereocenters. The largest absolute Gasteiger partial charge is 0.494 e. The van der Waals surface area contributed by atoms with Crippen molar-refractivity contribution >= 4 is 15.9 Å². The van der Waals surface area contributed by atoms with Crippen LogP contribution in [0.4, 0.5) is 0 Å². The number of halogens is 1. The van der Waals surface area contributed by atoms with Crippen LogP contribution in [0.25, 0.3) is 0 Å². The fourth-order valence-corrected chi connectivity index (χ4v) is 2.20. The molecule has 0 aliphatic carbocycles. The van der Waals surface area contributed by atoms with Crippen molar-refractivity contribution in [1.29, 1.82) is 0 Å². The van der Waals surface area contributed by atoms with Gasteiger partial charge in [0, 0.05) is 16.1 Å². The first-order chi connectivity index (χ1) is 7.72. The lowest BCUT2D eigenvalue weighted by Gasteiger charge is -2.19. The molecule has 2 nitrogen and oxygen atoms in total. The minimum Gasteiger partial charge on any atom is -0.494 e. The minimum absolute atomic E-state index is 0.365. The van der Waals surface area contributed by atoms with Crippen molar-refractivity contribution in [2.45, 2.75) is 32.7 Å². The maximum Gasteiger partial charge on any atom is 0.124 e. The molecule has 0 aromatic heterocycles. The number of hydrogen-bond acceptors (Lipinski definition) is 2. The van der Waals surface area contributed by atoms with Crippen molar-refractivity contribution in [2.24, 2.45) is 0 Å². The topological polar surface area (TPSA) is 21.3 Å². The predicted molar refractivity (Wildman–Crippen MR) is 72.0 cm³/mol. The summed E-state index contributed by atoms with van der Waals surface area (Å²) in [6.45, 7) is 4.92. The molecule has 0 heterocycles. The zero-order chi connectivity index (χ0) is 12.0. The van der Waals surface area contributed by atoms with Gasteiger partial charge in [-0.2, -0.15) is 0 Å². The highest BCUT2D eigenvalue weighted by atomic mass is 79.9. The fraction of sp³-hybridized carbons (Fsp3) is 0.538. The van der Waals surface area contributed by atoms with Crippen LogP contribution in [0, 0.1) is 0 Å². The molecule has 0 bridgehead atoms. The first-order valence-electron chi connectivity index (χ1n) is 5.82. The molecule has 1 aromatic rings. The first kappa shape index (κ1) is 13.5. The molecule has 0 aliphatic heterocycles. The molecular formula is C13H20BrNO. The van der Waals surface area contributed by atoms with Crippen molar-refractivity contribution in [3.05, 3.63) is 28.2 Å². The van der Waals surface area contributed by atoms with Gasteiger partial charge in [0.2, 0.25) is 0 Å². The van der Waals surface area contributed by atoms with Crippen LogP contribution in [-0.2, 0) is 0 Å². The van der Waals surface area contributed by atoms with Crippen molar-refractivity contribution in [2.75, 3.05) is 13.7 Å². The molecule has 1 aromatic carbocycles. The van der Waals surface area contributed by atoms with Gasteiger partial charge in [-0.15, -0.1) is 0 Å². The highest BCUT2D eigenvalue weighted by Gasteiger charge is 2.14. The van der Waals surface area contributed by atoms with Gasteiger partial charge >= 0.3 is 0 Å². The van der Waals surface area contributed by atoms with Gasteiger partial charge in [0.05, 0.1) is 6.61 Å². The summed E-state index contributed by atoms with van der Waals surface area (Å²) in [5, 5.41) is 3.34. The van der Waals surface area contributed by atoms with Crippen LogP contribution < -0.4 is 10.1 Å². The van der Waals surface area contributed by atoms with Crippen LogP contribution in [-0.4, -0.2) is 13.7 Å². The van der Waals surface area contributed by atoms with Crippen LogP contribution in [0.5, 0.6) is 5.75 Å². The highest BCUT2D eigenvalue weighted by Crippen LogP contribution is 2.30. The molecule has 0 aliphatic rings. The molecule has 0 radical (unpaired) electrons. The normalized spacial score (nSPS) is 12.5. The maximum atomic E-state index is 5.66. The van der Waals surface area contributed by atoms with Crippen LogP contribution in [0.3, 0.4) is 0 Å². The van der Waals surface area contributed by atoms with E-state index in [1.807, 2.05) is 26.1 Å². The Morgan fingerprint density at radius 1 is 1.38 bits per heavy atom. The molecule has 1 unspecified atom stereocenters. The number of ether oxygens (including phenoxy) is 1. The summed E-state index contributed by atoms with van der Waals surface area (Å²) in [4.78, 5) is 0. The standard InChI is InChI=1S/C13H20BrNO/c1-4-6-12(15-3)11-9-10(14)7-8-13(11)16-5-2/h7-9,12,15H,4-6H2,1-3H3. The monoisotopic (exact) mass is 285 g/mol. The predicted octanol–water partition coefficient (Wildman–Crippen LogP) is 3.91. The van der Waals surface area contributed by atoms with Gasteiger partial charge < -0.3 is 10.1 Å². The second-order valence-corrected chi connectivity index (χ2v) is 4.66. The van der Waals surface area contributed by atoms with Crippen molar-refractivity contribution in [3.63, 3.8) is 0 Å². The number of nitrogens with one attached hydrogen (secondary N) is 1. The summed E-state index contributed by atoms with van der Waals surface area (Å²) in [6.07, 6.45) is 2.27. The van der Waals surface area contributed by atoms with Gasteiger partial charge in [0.1, 0.15) is 5.75 Å². The highest BCUT2D eigenvalue weighted by molar-refractivity contribution is 9.10. The average Bonchev–Trinajstić information content (AvgIpc) is 2.29. The molecule has 0 spiro atoms. The second-order valence-electron chi connectivity index (χ2n) is 3.75. The Bertz CT molecular complexity index is 328. The molecular weight excluding hydrogens is 266 g/mol. The zero-order valence-electron chi connectivity index (χ0n) is 10.2. The van der Waals surface area contributed by atoms with Crippen molar-refractivity contribution < 1.29 is 4.74 Å². The Balaban J connectivity index is 3.01. The Hall–Kier alpha value is -0.540. The third kappa shape index (κ3) is 3.49. The Morgan fingerprint density at radius 3 is 2.69 bits per heavy atom. The third-order valence-electron chi connectivity index (χ3n) is 2.57. The third-order valence-corrected chi connectivity index (χ3v) is 3.07. The molecule has 16 heavy (non-hydrogen) atoms. The molecule has 0 fully saturated rings. The summed E-state index contributed by atoms with van der Waals surface area (Å²) < 4.78 is 6.76. The first-order valence-corrected chi connectivity index (χ1v) is 6.61. The lowest BCUT2D eigenvalue weighted by Crippen LogP contribution is -2.17. The van der Waals surface area contributed by atoms with Crippen LogP contribution in [0.1, 0.15) is 38.3 Å². The van der Waals surface area contributed by atoms with E-state index in [0.717, 1.165) is 23.1 Å². The lowest BCUT2D eigenvalue weighted by atomic mass is 10.0. The van der Waals surface area contributed by atoms with Gasteiger partial charge in [-0.1, -0.05) is 29.3 Å². The number of benzene rings is 1. The number of hydrogen-bond donors (Lipinski definition) is 1. The molecule has 1 N–H and O–H groups in total. The number of rotatable bonds is 6. The summed E-state index contributed by atoms with van der Waals surface area (Å²) in [5.41, 5.74) is 1.24. The average molecular weight is 286 g/mol. The van der Waals surface area contributed by atoms with Crippen LogP contribution >= 0.6 is 15.9 Å². The quantitative estimate of drug-likeness (QED) is 0.856. The van der Waals surface area contributed by atoms with E-state index in [-0.39, 0.29) is 0 Å². The Labute approximate surface area is 107 Å². The Kier molecular flexibility index (Phi) is 5.85. The smallest absolute Gasteiger partial charge is 0.124 e. The lowest BCUT2D eigenvalue weighted by molar-refractivity contribution is 0.331. The fourth-order valence-electron chi connectivity index (χ4n) is 1.82. The van der Waals surface area contributed by atoms with Gasteiger partial charge in [0.25, 0.3) is 0 Å². The maximum absolute atomic E-state index is 5.66. The SMILES string of the molecule is CCCC(NC)c1cc(Br)ccc1OCC. The molecule has 3 heteroatoms. The van der Waals surface area contributed by atoms with E-state index >= 15 is 0 Å². The van der Waals surface area contributed by atoms with Crippen LogP contribution in [0.2, 0.25) is 0 Å². The molecule has 0 saturated heterocycles. The molecule has 0 saturated carbocycles. The van der Waals surface area contributed by atoms with Crippen molar-refractivity contribution in [1.82, 2.24) is 5.32 Å². The summed E-state index contributed by atoms with van der Waals surface area (Å²) >= 11 is 3.51. The van der Waals surface area contributed by atoms with E-state index in [9.17, 15) is 0 Å². The van der Waals surface area contributed by atoms with E-state index in [0.29, 0.717) is 12.6 Å². The van der Waals surface area contributed by atoms with E-state index in [1.54, 1.807) is 0 Å². The summed E-state index contributed by atoms with van der Waals surface area (Å²) in [7, 11) is 2.00. The van der Waals surface area contributed by atoms with Gasteiger partial charge in [-0.25, -0.2) is 0 Å². The van der Waals surface area contributed by atoms with E-state index in [1.165, 1.54) is 5.56 Å². The van der Waals surface area contributed by atoms with Gasteiger partial charge in [0.15, 0.2) is 0 Å². The second kappa shape index (κ2) is 6.92. The Morgan fingerprint density at radius 2 is 2.12 bits per heavy atom. The van der Waals surface area contributed by atoms with Gasteiger partial charge in [-0.3, -0.25) is 0 Å². The summed E-state index contributed by atoms with van der Waals surface area (Å²) in [5.74, 6) is 0.985. The zero-order valence-corrected chi connectivity index (χ0v) is 11.8. The van der Waals surface area contributed by atoms with Gasteiger partial charge in [-0.05, 0) is 38.6 Å². The van der Waals surface area contributed by atoms with E-state index in [2.05, 4.69) is 34.2 Å². The molecule has 0 amide bonds. The summed E-state index contributed by atoms with van der Waals surface area (Å²) in [6, 6.07) is 6.56. The van der Waals surface area contributed by atoms with E-state index in [4.69, 9.17) is 4.74 Å². The molecule has 1 rings (SSSR count). The van der Waals surface area contributed by atoms with Crippen molar-refractivity contribution in [3.8, 4) is 5.75 Å². The van der Waals surface area contributed by atoms with Crippen LogP contribution in [0.15, 0.2) is 22.7 Å². The molecule has 90 valence electrons. The van der Waals surface area contributed by atoms with E-state index < -0.39 is 0 Å².